The molecule has 6 heteroatoms. The minimum atomic E-state index is -0.474. The molecule has 1 rings (SSSR count). The number of amides is 1. The van der Waals surface area contributed by atoms with E-state index in [-0.39, 0.29) is 0 Å². The summed E-state index contributed by atoms with van der Waals surface area (Å²) < 4.78 is 9.91. The molecule has 19 heavy (non-hydrogen) atoms. The first-order valence-electron chi connectivity index (χ1n) is 5.40. The van der Waals surface area contributed by atoms with E-state index in [2.05, 4.69) is 5.32 Å². The highest BCUT2D eigenvalue weighted by Gasteiger charge is 2.07. The van der Waals surface area contributed by atoms with Crippen LogP contribution in [0.1, 0.15) is 19.4 Å². The van der Waals surface area contributed by atoms with Gasteiger partial charge in [-0.2, -0.15) is 0 Å². The third kappa shape index (κ3) is 5.03. The maximum Gasteiger partial charge on any atom is 0.308 e. The maximum absolute atomic E-state index is 11.0. The molecule has 0 aliphatic carbocycles. The Kier molecular flexibility index (Phi) is 5.28. The average Bonchev–Trinajstić information content (AvgIpc) is 2.31. The second-order valence-corrected chi connectivity index (χ2v) is 3.50. The molecule has 1 aromatic rings. The number of ether oxygens (including phenoxy) is 2. The van der Waals surface area contributed by atoms with Crippen molar-refractivity contribution in [3.05, 3.63) is 30.0 Å². The predicted octanol–water partition coefficient (Wildman–Crippen LogP) is 1.25. The van der Waals surface area contributed by atoms with Gasteiger partial charge in [-0.25, -0.2) is 0 Å². The van der Waals surface area contributed by atoms with E-state index < -0.39 is 11.9 Å². The summed E-state index contributed by atoms with van der Waals surface area (Å²) in [6.07, 6.45) is 3.38. The lowest BCUT2D eigenvalue weighted by molar-refractivity contribution is -0.133. The van der Waals surface area contributed by atoms with Crippen molar-refractivity contribution in [3.8, 4) is 11.5 Å². The summed E-state index contributed by atoms with van der Waals surface area (Å²) in [5, 5.41) is 2.33. The highest BCUT2D eigenvalue weighted by atomic mass is 16.5. The van der Waals surface area contributed by atoms with Crippen LogP contribution in [-0.2, 0) is 14.4 Å². The van der Waals surface area contributed by atoms with Crippen LogP contribution >= 0.6 is 0 Å². The van der Waals surface area contributed by atoms with Crippen LogP contribution in [0.15, 0.2) is 24.4 Å². The molecular formula is C13H13NO5. The van der Waals surface area contributed by atoms with E-state index in [1.807, 2.05) is 0 Å². The van der Waals surface area contributed by atoms with Gasteiger partial charge in [-0.05, 0) is 24.3 Å². The Morgan fingerprint density at radius 3 is 2.42 bits per heavy atom. The maximum atomic E-state index is 11.0. The number of esters is 2. The van der Waals surface area contributed by atoms with Gasteiger partial charge >= 0.3 is 11.9 Å². The molecule has 0 aliphatic heterocycles. The average molecular weight is 263 g/mol. The first-order valence-corrected chi connectivity index (χ1v) is 5.40. The summed E-state index contributed by atoms with van der Waals surface area (Å²) >= 11 is 0. The molecule has 0 atom stereocenters. The van der Waals surface area contributed by atoms with Crippen LogP contribution in [0.3, 0.4) is 0 Å². The first kappa shape index (κ1) is 14.4. The second-order valence-electron chi connectivity index (χ2n) is 3.50. The third-order valence-corrected chi connectivity index (χ3v) is 1.92. The van der Waals surface area contributed by atoms with Crippen LogP contribution in [0.25, 0.3) is 6.08 Å². The van der Waals surface area contributed by atoms with Crippen molar-refractivity contribution < 1.29 is 23.9 Å². The van der Waals surface area contributed by atoms with E-state index in [0.717, 1.165) is 0 Å². The molecule has 100 valence electrons. The Labute approximate surface area is 110 Å². The molecule has 0 radical (unpaired) electrons. The molecule has 0 saturated heterocycles. The first-order chi connectivity index (χ1) is 9.02. The Hall–Kier alpha value is -2.63. The highest BCUT2D eigenvalue weighted by molar-refractivity contribution is 5.73. The quantitative estimate of drug-likeness (QED) is 0.491. The fourth-order valence-corrected chi connectivity index (χ4v) is 1.31. The molecule has 0 saturated carbocycles. The lowest BCUT2D eigenvalue weighted by Crippen LogP contribution is -2.05. The SMILES string of the molecule is CC(=O)Oc1ccc(OC(C)=O)c(/C=C/NC=O)c1. The normalized spacial score (nSPS) is 10.0. The number of carbonyl (C=O) groups is 3. The van der Waals surface area contributed by atoms with Crippen molar-refractivity contribution in [2.75, 3.05) is 0 Å². The third-order valence-electron chi connectivity index (χ3n) is 1.92. The van der Waals surface area contributed by atoms with Crippen LogP contribution in [-0.4, -0.2) is 18.3 Å². The van der Waals surface area contributed by atoms with Gasteiger partial charge in [0.05, 0.1) is 0 Å². The molecule has 0 fully saturated rings. The molecule has 0 aliphatic rings. The van der Waals surface area contributed by atoms with Crippen molar-refractivity contribution in [1.82, 2.24) is 5.32 Å². The molecule has 1 N–H and O–H groups in total. The van der Waals surface area contributed by atoms with Crippen molar-refractivity contribution >= 4 is 24.4 Å². The van der Waals surface area contributed by atoms with E-state index in [1.54, 1.807) is 0 Å². The molecular weight excluding hydrogens is 250 g/mol. The fourth-order valence-electron chi connectivity index (χ4n) is 1.31. The van der Waals surface area contributed by atoms with E-state index in [4.69, 9.17) is 9.47 Å². The van der Waals surface area contributed by atoms with Gasteiger partial charge in [-0.1, -0.05) is 0 Å². The summed E-state index contributed by atoms with van der Waals surface area (Å²) in [6, 6.07) is 4.52. The van der Waals surface area contributed by atoms with Crippen molar-refractivity contribution in [2.24, 2.45) is 0 Å². The van der Waals surface area contributed by atoms with Crippen molar-refractivity contribution in [2.45, 2.75) is 13.8 Å². The number of nitrogens with one attached hydrogen (secondary N) is 1. The molecule has 1 aromatic carbocycles. The number of carbonyl (C=O) groups excluding carboxylic acids is 3. The monoisotopic (exact) mass is 263 g/mol. The number of rotatable bonds is 5. The molecule has 0 spiro atoms. The van der Waals surface area contributed by atoms with Gasteiger partial charge in [0.25, 0.3) is 0 Å². The number of hydrogen-bond donors (Lipinski definition) is 1. The van der Waals surface area contributed by atoms with Gasteiger partial charge in [-0.15, -0.1) is 0 Å². The Balaban J connectivity index is 3.05. The fraction of sp³-hybridized carbons (Fsp3) is 0.154. The van der Waals surface area contributed by atoms with Gasteiger partial charge < -0.3 is 14.8 Å². The Bertz CT molecular complexity index is 522. The van der Waals surface area contributed by atoms with Gasteiger partial charge in [0.15, 0.2) is 0 Å². The number of hydrogen-bond acceptors (Lipinski definition) is 5. The molecule has 1 amide bonds. The zero-order chi connectivity index (χ0) is 14.3. The summed E-state index contributed by atoms with van der Waals surface area (Å²) in [5.74, 6) is -0.319. The topological polar surface area (TPSA) is 81.7 Å². The minimum absolute atomic E-state index is 0.298. The molecule has 0 unspecified atom stereocenters. The Morgan fingerprint density at radius 1 is 1.16 bits per heavy atom. The van der Waals surface area contributed by atoms with Crippen molar-refractivity contribution in [3.63, 3.8) is 0 Å². The number of benzene rings is 1. The summed E-state index contributed by atoms with van der Waals surface area (Å²) in [5.41, 5.74) is 0.489. The van der Waals surface area contributed by atoms with E-state index in [1.165, 1.54) is 44.3 Å². The van der Waals surface area contributed by atoms with Gasteiger partial charge in [-0.3, -0.25) is 14.4 Å². The van der Waals surface area contributed by atoms with Crippen LogP contribution < -0.4 is 14.8 Å². The van der Waals surface area contributed by atoms with E-state index >= 15 is 0 Å². The molecule has 0 aromatic heterocycles. The van der Waals surface area contributed by atoms with Crippen LogP contribution in [0.4, 0.5) is 0 Å². The molecule has 0 heterocycles. The lowest BCUT2D eigenvalue weighted by atomic mass is 10.2. The van der Waals surface area contributed by atoms with Gasteiger partial charge in [0.2, 0.25) is 6.41 Å². The van der Waals surface area contributed by atoms with Crippen LogP contribution in [0.5, 0.6) is 11.5 Å². The second kappa shape index (κ2) is 6.95. The van der Waals surface area contributed by atoms with E-state index in [0.29, 0.717) is 23.5 Å². The molecule has 6 nitrogen and oxygen atoms in total. The largest absolute Gasteiger partial charge is 0.427 e. The van der Waals surface area contributed by atoms with Crippen LogP contribution in [0, 0.1) is 0 Å². The highest BCUT2D eigenvalue weighted by Crippen LogP contribution is 2.25. The Morgan fingerprint density at radius 2 is 1.84 bits per heavy atom. The smallest absolute Gasteiger partial charge is 0.308 e. The van der Waals surface area contributed by atoms with Crippen molar-refractivity contribution in [1.29, 1.82) is 0 Å². The zero-order valence-electron chi connectivity index (χ0n) is 10.5. The summed E-state index contributed by atoms with van der Waals surface area (Å²) in [6.45, 7) is 2.56. The van der Waals surface area contributed by atoms with Crippen LogP contribution in [0.2, 0.25) is 0 Å². The molecule has 0 bridgehead atoms. The standard InChI is InChI=1S/C13H13NO5/c1-9(16)18-12-3-4-13(19-10(2)17)11(7-12)5-6-14-8-15/h3-8H,1-2H3,(H,14,15)/b6-5+. The lowest BCUT2D eigenvalue weighted by Gasteiger charge is -2.08. The summed E-state index contributed by atoms with van der Waals surface area (Å²) in [4.78, 5) is 32.0. The zero-order valence-corrected chi connectivity index (χ0v) is 10.5. The predicted molar refractivity (Wildman–Crippen MR) is 67.3 cm³/mol. The minimum Gasteiger partial charge on any atom is -0.427 e. The van der Waals surface area contributed by atoms with Gasteiger partial charge in [0, 0.05) is 25.6 Å². The van der Waals surface area contributed by atoms with Gasteiger partial charge in [0.1, 0.15) is 11.5 Å². The van der Waals surface area contributed by atoms with E-state index in [9.17, 15) is 14.4 Å². The summed E-state index contributed by atoms with van der Waals surface area (Å²) in [7, 11) is 0.